The van der Waals surface area contributed by atoms with Crippen LogP contribution in [0.1, 0.15) is 18.4 Å². The van der Waals surface area contributed by atoms with E-state index in [9.17, 15) is 0 Å². The summed E-state index contributed by atoms with van der Waals surface area (Å²) >= 11 is 0. The molecule has 0 saturated heterocycles. The van der Waals surface area contributed by atoms with E-state index < -0.39 is 0 Å². The van der Waals surface area contributed by atoms with Gasteiger partial charge in [-0.2, -0.15) is 0 Å². The van der Waals surface area contributed by atoms with Gasteiger partial charge in [0, 0.05) is 23.6 Å². The smallest absolute Gasteiger partial charge is 0.0486 e. The number of fused-ring (bicyclic) bond motifs is 1. The molecule has 2 aromatic rings. The maximum Gasteiger partial charge on any atom is 0.0486 e. The molecule has 0 N–H and O–H groups in total. The first-order chi connectivity index (χ1) is 7.38. The van der Waals surface area contributed by atoms with E-state index in [0.29, 0.717) is 0 Å². The van der Waals surface area contributed by atoms with Gasteiger partial charge in [0.1, 0.15) is 0 Å². The van der Waals surface area contributed by atoms with E-state index in [4.69, 9.17) is 0 Å². The Morgan fingerprint density at radius 3 is 2.93 bits per heavy atom. The maximum absolute atomic E-state index is 3.85. The molecule has 0 bridgehead atoms. The highest BCUT2D eigenvalue weighted by atomic mass is 15.0. The molecule has 1 fully saturated rings. The molecule has 0 atom stereocenters. The highest BCUT2D eigenvalue weighted by molar-refractivity contribution is 5.88. The minimum Gasteiger partial charge on any atom is -0.347 e. The number of benzene rings is 1. The largest absolute Gasteiger partial charge is 0.347 e. The first-order valence-corrected chi connectivity index (χ1v) is 5.59. The van der Waals surface area contributed by atoms with Gasteiger partial charge in [0.15, 0.2) is 0 Å². The van der Waals surface area contributed by atoms with Crippen molar-refractivity contribution in [2.45, 2.75) is 19.4 Å². The fraction of sp³-hybridized carbons (Fsp3) is 0.286. The average Bonchev–Trinajstić information content (AvgIpc) is 2.99. The third kappa shape index (κ3) is 1.48. The number of hydrogen-bond donors (Lipinski definition) is 0. The monoisotopic (exact) mass is 197 g/mol. The van der Waals surface area contributed by atoms with Gasteiger partial charge in [-0.3, -0.25) is 0 Å². The number of aromatic nitrogens is 1. The predicted molar refractivity (Wildman–Crippen MR) is 64.8 cm³/mol. The van der Waals surface area contributed by atoms with Crippen LogP contribution in [0.5, 0.6) is 0 Å². The summed E-state index contributed by atoms with van der Waals surface area (Å²) in [5.74, 6) is 0.924. The van der Waals surface area contributed by atoms with Crippen LogP contribution in [0.25, 0.3) is 17.0 Å². The van der Waals surface area contributed by atoms with Crippen molar-refractivity contribution < 1.29 is 0 Å². The second kappa shape index (κ2) is 3.27. The van der Waals surface area contributed by atoms with E-state index in [1.54, 1.807) is 0 Å². The molecule has 1 aromatic carbocycles. The minimum absolute atomic E-state index is 0.924. The van der Waals surface area contributed by atoms with Gasteiger partial charge in [-0.05, 0) is 36.5 Å². The fourth-order valence-electron chi connectivity index (χ4n) is 2.16. The Balaban J connectivity index is 2.11. The zero-order chi connectivity index (χ0) is 10.3. The molecule has 0 spiro atoms. The topological polar surface area (TPSA) is 4.93 Å². The Morgan fingerprint density at radius 1 is 1.33 bits per heavy atom. The Morgan fingerprint density at radius 2 is 2.20 bits per heavy atom. The molecule has 1 aliphatic rings. The normalized spacial score (nSPS) is 15.7. The summed E-state index contributed by atoms with van der Waals surface area (Å²) in [6, 6.07) is 8.64. The molecule has 1 heterocycles. The Labute approximate surface area is 90.0 Å². The zero-order valence-electron chi connectivity index (χ0n) is 8.82. The molecule has 0 radical (unpaired) electrons. The molecular weight excluding hydrogens is 182 g/mol. The summed E-state index contributed by atoms with van der Waals surface area (Å²) in [6.07, 6.45) is 6.95. The summed E-state index contributed by atoms with van der Waals surface area (Å²) in [7, 11) is 0. The van der Waals surface area contributed by atoms with Crippen molar-refractivity contribution in [3.63, 3.8) is 0 Å². The Hall–Kier alpha value is -1.50. The number of hydrogen-bond acceptors (Lipinski definition) is 0. The molecule has 0 amide bonds. The fourth-order valence-corrected chi connectivity index (χ4v) is 2.16. The average molecular weight is 197 g/mol. The highest BCUT2D eigenvalue weighted by Crippen LogP contribution is 2.32. The molecule has 15 heavy (non-hydrogen) atoms. The van der Waals surface area contributed by atoms with Crippen molar-refractivity contribution in [3.8, 4) is 0 Å². The maximum atomic E-state index is 3.85. The van der Waals surface area contributed by atoms with Crippen molar-refractivity contribution in [3.05, 3.63) is 42.6 Å². The van der Waals surface area contributed by atoms with Crippen molar-refractivity contribution in [2.24, 2.45) is 5.92 Å². The SMILES string of the molecule is C=Cc1cccc2c1ccn2CC1CC1. The summed E-state index contributed by atoms with van der Waals surface area (Å²) in [6.45, 7) is 5.04. The van der Waals surface area contributed by atoms with Gasteiger partial charge in [0.2, 0.25) is 0 Å². The van der Waals surface area contributed by atoms with Crippen LogP contribution in [0.2, 0.25) is 0 Å². The van der Waals surface area contributed by atoms with E-state index in [1.165, 1.54) is 35.9 Å². The molecule has 1 saturated carbocycles. The lowest BCUT2D eigenvalue weighted by Gasteiger charge is -2.04. The summed E-state index contributed by atoms with van der Waals surface area (Å²) < 4.78 is 2.38. The van der Waals surface area contributed by atoms with Crippen molar-refractivity contribution in [1.82, 2.24) is 4.57 Å². The van der Waals surface area contributed by atoms with Crippen LogP contribution in [0, 0.1) is 5.92 Å². The van der Waals surface area contributed by atoms with Gasteiger partial charge in [-0.25, -0.2) is 0 Å². The van der Waals surface area contributed by atoms with Gasteiger partial charge >= 0.3 is 0 Å². The summed E-state index contributed by atoms with van der Waals surface area (Å²) in [5.41, 5.74) is 2.58. The Bertz CT molecular complexity index is 503. The van der Waals surface area contributed by atoms with Crippen LogP contribution in [0.4, 0.5) is 0 Å². The van der Waals surface area contributed by atoms with E-state index in [1.807, 2.05) is 6.08 Å². The molecule has 0 aliphatic heterocycles. The molecule has 76 valence electrons. The lowest BCUT2D eigenvalue weighted by atomic mass is 10.1. The van der Waals surface area contributed by atoms with E-state index in [-0.39, 0.29) is 0 Å². The van der Waals surface area contributed by atoms with Crippen molar-refractivity contribution in [2.75, 3.05) is 0 Å². The lowest BCUT2D eigenvalue weighted by Crippen LogP contribution is -1.97. The van der Waals surface area contributed by atoms with Crippen LogP contribution in [-0.4, -0.2) is 4.57 Å². The molecule has 1 aliphatic carbocycles. The third-order valence-corrected chi connectivity index (χ3v) is 3.22. The van der Waals surface area contributed by atoms with Crippen molar-refractivity contribution >= 4 is 17.0 Å². The van der Waals surface area contributed by atoms with Gasteiger partial charge in [0.05, 0.1) is 0 Å². The summed E-state index contributed by atoms with van der Waals surface area (Å²) in [5, 5.41) is 1.33. The molecular formula is C14H15N. The van der Waals surface area contributed by atoms with E-state index in [2.05, 4.69) is 41.6 Å². The lowest BCUT2D eigenvalue weighted by molar-refractivity contribution is 0.647. The highest BCUT2D eigenvalue weighted by Gasteiger charge is 2.22. The van der Waals surface area contributed by atoms with Gasteiger partial charge in [-0.1, -0.05) is 24.8 Å². The number of rotatable bonds is 3. The zero-order valence-corrected chi connectivity index (χ0v) is 8.82. The van der Waals surface area contributed by atoms with Crippen LogP contribution in [0.15, 0.2) is 37.0 Å². The molecule has 1 nitrogen and oxygen atoms in total. The predicted octanol–water partition coefficient (Wildman–Crippen LogP) is 3.69. The van der Waals surface area contributed by atoms with Gasteiger partial charge in [-0.15, -0.1) is 0 Å². The van der Waals surface area contributed by atoms with Crippen LogP contribution in [-0.2, 0) is 6.54 Å². The number of nitrogens with zero attached hydrogens (tertiary/aromatic N) is 1. The first kappa shape index (κ1) is 8.78. The Kier molecular flexibility index (Phi) is 1.91. The molecule has 3 rings (SSSR count). The molecule has 1 aromatic heterocycles. The van der Waals surface area contributed by atoms with Crippen LogP contribution in [0.3, 0.4) is 0 Å². The van der Waals surface area contributed by atoms with Gasteiger partial charge < -0.3 is 4.57 Å². The van der Waals surface area contributed by atoms with Crippen molar-refractivity contribution in [1.29, 1.82) is 0 Å². The van der Waals surface area contributed by atoms with Crippen LogP contribution < -0.4 is 0 Å². The van der Waals surface area contributed by atoms with E-state index in [0.717, 1.165) is 5.92 Å². The second-order valence-corrected chi connectivity index (χ2v) is 4.40. The molecule has 0 unspecified atom stereocenters. The minimum atomic E-state index is 0.924. The third-order valence-electron chi connectivity index (χ3n) is 3.22. The quantitative estimate of drug-likeness (QED) is 0.707. The van der Waals surface area contributed by atoms with Crippen LogP contribution >= 0.6 is 0 Å². The standard InChI is InChI=1S/C14H15N/c1-2-12-4-3-5-14-13(12)8-9-15(14)10-11-6-7-11/h2-5,8-9,11H,1,6-7,10H2. The molecule has 1 heteroatoms. The van der Waals surface area contributed by atoms with Gasteiger partial charge in [0.25, 0.3) is 0 Å². The van der Waals surface area contributed by atoms with E-state index >= 15 is 0 Å². The summed E-state index contributed by atoms with van der Waals surface area (Å²) in [4.78, 5) is 0. The second-order valence-electron chi connectivity index (χ2n) is 4.40. The first-order valence-electron chi connectivity index (χ1n) is 5.59.